The summed E-state index contributed by atoms with van der Waals surface area (Å²) < 4.78 is 0. The maximum Gasteiger partial charge on any atom is 0.221 e. The minimum atomic E-state index is 0.0671. The maximum atomic E-state index is 11.3. The molecule has 0 bridgehead atoms. The third-order valence-corrected chi connectivity index (χ3v) is 2.57. The van der Waals surface area contributed by atoms with Gasteiger partial charge in [0, 0.05) is 18.7 Å². The van der Waals surface area contributed by atoms with Crippen molar-refractivity contribution in [2.24, 2.45) is 0 Å². The molecule has 0 atom stereocenters. The SMILES string of the molecule is CSCCC(=O)NCc1ccc(O)cc1. The summed E-state index contributed by atoms with van der Waals surface area (Å²) in [4.78, 5) is 11.3. The lowest BCUT2D eigenvalue weighted by Gasteiger charge is -2.04. The van der Waals surface area contributed by atoms with Gasteiger partial charge in [-0.15, -0.1) is 0 Å². The van der Waals surface area contributed by atoms with Crippen molar-refractivity contribution >= 4 is 17.7 Å². The minimum Gasteiger partial charge on any atom is -0.508 e. The summed E-state index contributed by atoms with van der Waals surface area (Å²) in [6.45, 7) is 0.521. The van der Waals surface area contributed by atoms with E-state index in [4.69, 9.17) is 5.11 Å². The molecule has 0 aliphatic rings. The van der Waals surface area contributed by atoms with E-state index in [0.717, 1.165) is 11.3 Å². The molecule has 0 aliphatic heterocycles. The third kappa shape index (κ3) is 4.74. The number of amides is 1. The van der Waals surface area contributed by atoms with Gasteiger partial charge in [-0.05, 0) is 24.0 Å². The molecule has 0 unspecified atom stereocenters. The molecule has 2 N–H and O–H groups in total. The summed E-state index contributed by atoms with van der Waals surface area (Å²) in [5.74, 6) is 1.16. The van der Waals surface area contributed by atoms with Gasteiger partial charge < -0.3 is 10.4 Å². The molecule has 0 saturated heterocycles. The van der Waals surface area contributed by atoms with Crippen molar-refractivity contribution in [2.75, 3.05) is 12.0 Å². The van der Waals surface area contributed by atoms with Crippen LogP contribution in [-0.4, -0.2) is 23.0 Å². The van der Waals surface area contributed by atoms with E-state index in [1.165, 1.54) is 0 Å². The van der Waals surface area contributed by atoms with Gasteiger partial charge in [-0.25, -0.2) is 0 Å². The molecule has 1 amide bonds. The minimum absolute atomic E-state index is 0.0671. The van der Waals surface area contributed by atoms with Gasteiger partial charge >= 0.3 is 0 Å². The summed E-state index contributed by atoms with van der Waals surface area (Å²) >= 11 is 1.66. The molecule has 0 radical (unpaired) electrons. The predicted molar refractivity (Wildman–Crippen MR) is 63.0 cm³/mol. The van der Waals surface area contributed by atoms with E-state index in [1.54, 1.807) is 36.0 Å². The van der Waals surface area contributed by atoms with E-state index < -0.39 is 0 Å². The van der Waals surface area contributed by atoms with Crippen LogP contribution in [0.2, 0.25) is 0 Å². The Bertz CT molecular complexity index is 311. The number of phenolic OH excluding ortho intramolecular Hbond substituents is 1. The normalized spacial score (nSPS) is 9.93. The zero-order valence-corrected chi connectivity index (χ0v) is 9.51. The second-order valence-corrected chi connectivity index (χ2v) is 4.17. The van der Waals surface area contributed by atoms with Crippen LogP contribution >= 0.6 is 11.8 Å². The van der Waals surface area contributed by atoms with Crippen molar-refractivity contribution in [2.45, 2.75) is 13.0 Å². The molecular weight excluding hydrogens is 210 g/mol. The van der Waals surface area contributed by atoms with Gasteiger partial charge in [-0.2, -0.15) is 11.8 Å². The standard InChI is InChI=1S/C11H15NO2S/c1-15-7-6-11(14)12-8-9-2-4-10(13)5-3-9/h2-5,13H,6-8H2,1H3,(H,12,14). The average Bonchev–Trinajstić information content (AvgIpc) is 2.25. The topological polar surface area (TPSA) is 49.3 Å². The molecule has 0 aliphatic carbocycles. The fraction of sp³-hybridized carbons (Fsp3) is 0.364. The van der Waals surface area contributed by atoms with Crippen LogP contribution in [0.5, 0.6) is 5.75 Å². The maximum absolute atomic E-state index is 11.3. The molecule has 0 fully saturated rings. The van der Waals surface area contributed by atoms with Crippen LogP contribution in [0.15, 0.2) is 24.3 Å². The Morgan fingerprint density at radius 3 is 2.67 bits per heavy atom. The van der Waals surface area contributed by atoms with Gasteiger partial charge in [0.2, 0.25) is 5.91 Å². The molecule has 1 rings (SSSR count). The lowest BCUT2D eigenvalue weighted by atomic mass is 10.2. The number of hydrogen-bond acceptors (Lipinski definition) is 3. The van der Waals surface area contributed by atoms with Crippen molar-refractivity contribution in [3.8, 4) is 5.75 Å². The van der Waals surface area contributed by atoms with Crippen LogP contribution in [0, 0.1) is 0 Å². The van der Waals surface area contributed by atoms with Crippen LogP contribution in [0.25, 0.3) is 0 Å². The number of thioether (sulfide) groups is 1. The first-order valence-electron chi connectivity index (χ1n) is 4.76. The lowest BCUT2D eigenvalue weighted by Crippen LogP contribution is -2.22. The molecule has 1 aromatic carbocycles. The Balaban J connectivity index is 2.30. The van der Waals surface area contributed by atoms with Crippen molar-refractivity contribution in [1.82, 2.24) is 5.32 Å². The van der Waals surface area contributed by atoms with Crippen LogP contribution in [0.1, 0.15) is 12.0 Å². The average molecular weight is 225 g/mol. The van der Waals surface area contributed by atoms with Gasteiger partial charge in [0.1, 0.15) is 5.75 Å². The Hall–Kier alpha value is -1.16. The second kappa shape index (κ2) is 6.35. The van der Waals surface area contributed by atoms with Crippen molar-refractivity contribution < 1.29 is 9.90 Å². The second-order valence-electron chi connectivity index (χ2n) is 3.19. The van der Waals surface area contributed by atoms with Crippen molar-refractivity contribution in [1.29, 1.82) is 0 Å². The van der Waals surface area contributed by atoms with E-state index in [-0.39, 0.29) is 11.7 Å². The number of carbonyl (C=O) groups excluding carboxylic acids is 1. The number of phenols is 1. The van der Waals surface area contributed by atoms with E-state index in [1.807, 2.05) is 6.26 Å². The number of rotatable bonds is 5. The van der Waals surface area contributed by atoms with Gasteiger partial charge in [-0.1, -0.05) is 12.1 Å². The highest BCUT2D eigenvalue weighted by molar-refractivity contribution is 7.98. The first-order valence-corrected chi connectivity index (χ1v) is 6.15. The molecule has 1 aromatic rings. The summed E-state index contributed by atoms with van der Waals surface area (Å²) in [6.07, 6.45) is 2.53. The Labute approximate surface area is 93.9 Å². The molecule has 0 saturated carbocycles. The number of nitrogens with one attached hydrogen (secondary N) is 1. The largest absolute Gasteiger partial charge is 0.508 e. The van der Waals surface area contributed by atoms with Crippen molar-refractivity contribution in [3.05, 3.63) is 29.8 Å². The zero-order valence-electron chi connectivity index (χ0n) is 8.69. The highest BCUT2D eigenvalue weighted by Crippen LogP contribution is 2.09. The first-order chi connectivity index (χ1) is 7.22. The molecule has 0 aromatic heterocycles. The van der Waals surface area contributed by atoms with Gasteiger partial charge in [-0.3, -0.25) is 4.79 Å². The Morgan fingerprint density at radius 1 is 1.40 bits per heavy atom. The summed E-state index contributed by atoms with van der Waals surface area (Å²) in [6, 6.07) is 6.82. The van der Waals surface area contributed by atoms with Crippen LogP contribution < -0.4 is 5.32 Å². The highest BCUT2D eigenvalue weighted by Gasteiger charge is 2.00. The van der Waals surface area contributed by atoms with E-state index >= 15 is 0 Å². The van der Waals surface area contributed by atoms with E-state index in [9.17, 15) is 4.79 Å². The molecule has 0 spiro atoms. The predicted octanol–water partition coefficient (Wildman–Crippen LogP) is 1.76. The van der Waals surface area contributed by atoms with Crippen LogP contribution in [0.4, 0.5) is 0 Å². The van der Waals surface area contributed by atoms with E-state index in [2.05, 4.69) is 5.32 Å². The summed E-state index contributed by atoms with van der Waals surface area (Å²) in [5, 5.41) is 11.9. The molecular formula is C11H15NO2S. The quantitative estimate of drug-likeness (QED) is 0.803. The van der Waals surface area contributed by atoms with Crippen LogP contribution in [-0.2, 0) is 11.3 Å². The van der Waals surface area contributed by atoms with Crippen LogP contribution in [0.3, 0.4) is 0 Å². The van der Waals surface area contributed by atoms with Gasteiger partial charge in [0.25, 0.3) is 0 Å². The fourth-order valence-corrected chi connectivity index (χ4v) is 1.49. The third-order valence-electron chi connectivity index (χ3n) is 1.96. The van der Waals surface area contributed by atoms with Crippen molar-refractivity contribution in [3.63, 3.8) is 0 Å². The number of benzene rings is 1. The van der Waals surface area contributed by atoms with Gasteiger partial charge in [0.15, 0.2) is 0 Å². The zero-order chi connectivity index (χ0) is 11.1. The smallest absolute Gasteiger partial charge is 0.221 e. The number of hydrogen-bond donors (Lipinski definition) is 2. The number of carbonyl (C=O) groups is 1. The molecule has 3 nitrogen and oxygen atoms in total. The molecule has 0 heterocycles. The Morgan fingerprint density at radius 2 is 2.07 bits per heavy atom. The summed E-state index contributed by atoms with van der Waals surface area (Å²) in [7, 11) is 0. The fourth-order valence-electron chi connectivity index (χ4n) is 1.10. The van der Waals surface area contributed by atoms with Gasteiger partial charge in [0.05, 0.1) is 0 Å². The van der Waals surface area contributed by atoms with E-state index in [0.29, 0.717) is 13.0 Å². The molecule has 82 valence electrons. The molecule has 15 heavy (non-hydrogen) atoms. The number of aromatic hydroxyl groups is 1. The lowest BCUT2D eigenvalue weighted by molar-refractivity contribution is -0.120. The first kappa shape index (κ1) is 11.9. The Kier molecular flexibility index (Phi) is 5.04. The summed E-state index contributed by atoms with van der Waals surface area (Å²) in [5.41, 5.74) is 0.991. The molecule has 4 heteroatoms. The highest BCUT2D eigenvalue weighted by atomic mass is 32.2. The monoisotopic (exact) mass is 225 g/mol.